The van der Waals surface area contributed by atoms with Crippen LogP contribution in [0.4, 0.5) is 11.6 Å². The third-order valence-corrected chi connectivity index (χ3v) is 5.03. The first-order chi connectivity index (χ1) is 14.6. The van der Waals surface area contributed by atoms with Gasteiger partial charge in [0.25, 0.3) is 0 Å². The molecular weight excluding hydrogens is 374 g/mol. The second kappa shape index (κ2) is 8.82. The fraction of sp³-hybridized carbons (Fsp3) is 0.261. The third-order valence-electron chi connectivity index (χ3n) is 5.03. The Labute approximate surface area is 175 Å². The van der Waals surface area contributed by atoms with Crippen molar-refractivity contribution in [3.05, 3.63) is 60.6 Å². The second-order valence-corrected chi connectivity index (χ2v) is 7.31. The van der Waals surface area contributed by atoms with Crippen LogP contribution in [0.1, 0.15) is 31.7 Å². The lowest BCUT2D eigenvalue weighted by atomic mass is 10.0. The Kier molecular flexibility index (Phi) is 5.79. The van der Waals surface area contributed by atoms with Gasteiger partial charge in [0, 0.05) is 36.4 Å². The molecule has 0 aliphatic carbocycles. The van der Waals surface area contributed by atoms with Crippen molar-refractivity contribution in [3.63, 3.8) is 0 Å². The number of aryl methyl sites for hydroxylation is 2. The van der Waals surface area contributed by atoms with Gasteiger partial charge in [-0.15, -0.1) is 0 Å². The first-order valence-corrected chi connectivity index (χ1v) is 10.2. The van der Waals surface area contributed by atoms with Gasteiger partial charge in [0.2, 0.25) is 5.95 Å². The lowest BCUT2D eigenvalue weighted by Gasteiger charge is -2.07. The van der Waals surface area contributed by atoms with Crippen molar-refractivity contribution in [3.8, 4) is 11.4 Å². The zero-order valence-electron chi connectivity index (χ0n) is 17.3. The molecular formula is C23H25N7. The Morgan fingerprint density at radius 3 is 2.53 bits per heavy atom. The maximum Gasteiger partial charge on any atom is 0.229 e. The number of rotatable bonds is 8. The summed E-state index contributed by atoms with van der Waals surface area (Å²) < 4.78 is 1.96. The molecule has 0 atom stereocenters. The van der Waals surface area contributed by atoms with Gasteiger partial charge in [-0.2, -0.15) is 4.98 Å². The van der Waals surface area contributed by atoms with Gasteiger partial charge in [0.15, 0.2) is 5.65 Å². The van der Waals surface area contributed by atoms with Crippen molar-refractivity contribution >= 4 is 28.5 Å². The SMILES string of the molecule is CCCC(=N)CCc1ccc(Nc2ncc3nc(-c4ccncc4)n(C)c3n2)cc1. The Balaban J connectivity index is 1.49. The molecule has 0 amide bonds. The van der Waals surface area contributed by atoms with Crippen molar-refractivity contribution in [2.24, 2.45) is 7.05 Å². The van der Waals surface area contributed by atoms with Crippen molar-refractivity contribution in [2.75, 3.05) is 5.32 Å². The minimum absolute atomic E-state index is 0.532. The lowest BCUT2D eigenvalue weighted by molar-refractivity contribution is 0.923. The first-order valence-electron chi connectivity index (χ1n) is 10.2. The van der Waals surface area contributed by atoms with Gasteiger partial charge in [-0.3, -0.25) is 4.98 Å². The Bertz CT molecular complexity index is 1150. The van der Waals surface area contributed by atoms with E-state index in [9.17, 15) is 0 Å². The summed E-state index contributed by atoms with van der Waals surface area (Å²) in [5.41, 5.74) is 5.49. The summed E-state index contributed by atoms with van der Waals surface area (Å²) in [4.78, 5) is 17.8. The number of hydrogen-bond acceptors (Lipinski definition) is 6. The molecule has 3 aromatic heterocycles. The van der Waals surface area contributed by atoms with Crippen molar-refractivity contribution < 1.29 is 0 Å². The first kappa shape index (κ1) is 19.7. The van der Waals surface area contributed by atoms with E-state index < -0.39 is 0 Å². The lowest BCUT2D eigenvalue weighted by Crippen LogP contribution is -2.00. The van der Waals surface area contributed by atoms with Gasteiger partial charge >= 0.3 is 0 Å². The van der Waals surface area contributed by atoms with Crippen LogP contribution in [0.15, 0.2) is 55.0 Å². The maximum absolute atomic E-state index is 7.93. The van der Waals surface area contributed by atoms with Crippen LogP contribution in [-0.2, 0) is 13.5 Å². The summed E-state index contributed by atoms with van der Waals surface area (Å²) in [5.74, 6) is 1.36. The zero-order valence-corrected chi connectivity index (χ0v) is 17.3. The molecule has 0 saturated carbocycles. The number of nitrogens with zero attached hydrogens (tertiary/aromatic N) is 5. The van der Waals surface area contributed by atoms with Crippen LogP contribution in [0.5, 0.6) is 0 Å². The van der Waals surface area contributed by atoms with Gasteiger partial charge in [-0.05, 0) is 49.1 Å². The predicted octanol–water partition coefficient (Wildman–Crippen LogP) is 4.92. The monoisotopic (exact) mass is 399 g/mol. The highest BCUT2D eigenvalue weighted by Gasteiger charge is 2.12. The quantitative estimate of drug-likeness (QED) is 0.410. The van der Waals surface area contributed by atoms with Crippen molar-refractivity contribution in [1.82, 2.24) is 24.5 Å². The fourth-order valence-corrected chi connectivity index (χ4v) is 3.41. The van der Waals surface area contributed by atoms with E-state index in [2.05, 4.69) is 44.3 Å². The molecule has 0 fully saturated rings. The summed E-state index contributed by atoms with van der Waals surface area (Å²) in [6.07, 6.45) is 8.88. The molecule has 3 heterocycles. The molecule has 7 nitrogen and oxygen atoms in total. The number of imidazole rings is 1. The molecule has 2 N–H and O–H groups in total. The van der Waals surface area contributed by atoms with Gasteiger partial charge in [-0.25, -0.2) is 9.97 Å². The summed E-state index contributed by atoms with van der Waals surface area (Å²) >= 11 is 0. The fourth-order valence-electron chi connectivity index (χ4n) is 3.41. The number of nitrogens with one attached hydrogen (secondary N) is 2. The summed E-state index contributed by atoms with van der Waals surface area (Å²) in [6.45, 7) is 2.11. The number of anilines is 2. The Hall–Kier alpha value is -3.61. The van der Waals surface area contributed by atoms with Gasteiger partial charge in [0.05, 0.1) is 6.20 Å². The van der Waals surface area contributed by atoms with E-state index in [1.165, 1.54) is 5.56 Å². The normalized spacial score (nSPS) is 11.0. The predicted molar refractivity (Wildman–Crippen MR) is 120 cm³/mol. The standard InChI is InChI=1S/C23H25N7/c1-3-4-18(24)8-5-16-6-9-19(10-7-16)27-23-26-15-20-22(29-23)30(2)21(28-20)17-11-13-25-14-12-17/h6-7,9-15,24H,3-5,8H2,1-2H3,(H,26,27,29). The van der Waals surface area contributed by atoms with Crippen molar-refractivity contribution in [2.45, 2.75) is 32.6 Å². The molecule has 7 heteroatoms. The number of hydrogen-bond donors (Lipinski definition) is 2. The van der Waals surface area contributed by atoms with E-state index in [1.54, 1.807) is 18.6 Å². The average molecular weight is 400 g/mol. The van der Waals surface area contributed by atoms with Crippen LogP contribution in [0.25, 0.3) is 22.6 Å². The number of benzene rings is 1. The van der Waals surface area contributed by atoms with Crippen LogP contribution in [0.3, 0.4) is 0 Å². The minimum atomic E-state index is 0.532. The highest BCUT2D eigenvalue weighted by Crippen LogP contribution is 2.23. The molecule has 30 heavy (non-hydrogen) atoms. The van der Waals surface area contributed by atoms with E-state index in [0.717, 1.165) is 59.6 Å². The minimum Gasteiger partial charge on any atom is -0.324 e. The van der Waals surface area contributed by atoms with Crippen LogP contribution >= 0.6 is 0 Å². The van der Waals surface area contributed by atoms with E-state index in [0.29, 0.717) is 5.95 Å². The molecule has 0 radical (unpaired) electrons. The van der Waals surface area contributed by atoms with E-state index in [1.807, 2.05) is 35.9 Å². The van der Waals surface area contributed by atoms with Crippen LogP contribution in [0, 0.1) is 5.41 Å². The molecule has 0 aliphatic heterocycles. The van der Waals surface area contributed by atoms with Crippen LogP contribution in [0.2, 0.25) is 0 Å². The topological polar surface area (TPSA) is 92.4 Å². The Morgan fingerprint density at radius 2 is 1.80 bits per heavy atom. The van der Waals surface area contributed by atoms with Crippen LogP contribution < -0.4 is 5.32 Å². The zero-order chi connectivity index (χ0) is 20.9. The van der Waals surface area contributed by atoms with Gasteiger partial charge < -0.3 is 15.3 Å². The van der Waals surface area contributed by atoms with Gasteiger partial charge in [-0.1, -0.05) is 25.5 Å². The number of pyridine rings is 1. The molecule has 0 saturated heterocycles. The molecule has 0 spiro atoms. The molecule has 4 aromatic rings. The molecule has 0 unspecified atom stereocenters. The summed E-state index contributed by atoms with van der Waals surface area (Å²) in [6, 6.07) is 12.1. The molecule has 0 bridgehead atoms. The maximum atomic E-state index is 7.93. The summed E-state index contributed by atoms with van der Waals surface area (Å²) in [7, 11) is 1.95. The molecule has 0 aliphatic rings. The molecule has 4 rings (SSSR count). The number of aromatic nitrogens is 5. The van der Waals surface area contributed by atoms with E-state index in [4.69, 9.17) is 5.41 Å². The molecule has 1 aromatic carbocycles. The summed E-state index contributed by atoms with van der Waals surface area (Å²) in [5, 5.41) is 11.2. The van der Waals surface area contributed by atoms with Gasteiger partial charge in [0.1, 0.15) is 11.3 Å². The third kappa shape index (κ3) is 4.35. The highest BCUT2D eigenvalue weighted by atomic mass is 15.2. The van der Waals surface area contributed by atoms with E-state index in [-0.39, 0.29) is 0 Å². The average Bonchev–Trinajstić information content (AvgIpc) is 3.10. The molecule has 152 valence electrons. The van der Waals surface area contributed by atoms with Crippen LogP contribution in [-0.4, -0.2) is 30.2 Å². The largest absolute Gasteiger partial charge is 0.324 e. The van der Waals surface area contributed by atoms with Crippen molar-refractivity contribution in [1.29, 1.82) is 5.41 Å². The highest BCUT2D eigenvalue weighted by molar-refractivity contribution is 5.81. The Morgan fingerprint density at radius 1 is 1.03 bits per heavy atom. The number of fused-ring (bicyclic) bond motifs is 1. The second-order valence-electron chi connectivity index (χ2n) is 7.31. The smallest absolute Gasteiger partial charge is 0.229 e. The van der Waals surface area contributed by atoms with E-state index >= 15 is 0 Å².